The van der Waals surface area contributed by atoms with Gasteiger partial charge in [0.15, 0.2) is 0 Å². The second-order valence-corrected chi connectivity index (χ2v) is 5.72. The molecule has 0 fully saturated rings. The van der Waals surface area contributed by atoms with Crippen molar-refractivity contribution in [2.75, 3.05) is 6.54 Å². The van der Waals surface area contributed by atoms with Crippen LogP contribution in [0.3, 0.4) is 0 Å². The highest BCUT2D eigenvalue weighted by Crippen LogP contribution is 2.21. The minimum Gasteiger partial charge on any atom is -0.310 e. The predicted octanol–water partition coefficient (Wildman–Crippen LogP) is 4.51. The lowest BCUT2D eigenvalue weighted by Gasteiger charge is -2.20. The second kappa shape index (κ2) is 6.71. The number of likely N-dealkylation sites (N-methyl/N-ethyl adjacent to an activating group) is 1. The van der Waals surface area contributed by atoms with Crippen molar-refractivity contribution in [2.45, 2.75) is 40.2 Å². The second-order valence-electron chi connectivity index (χ2n) is 5.72. The Kier molecular flexibility index (Phi) is 4.97. The van der Waals surface area contributed by atoms with Crippen LogP contribution in [0.5, 0.6) is 0 Å². The lowest BCUT2D eigenvalue weighted by Crippen LogP contribution is -2.23. The average molecular weight is 267 g/mol. The summed E-state index contributed by atoms with van der Waals surface area (Å²) in [6, 6.07) is 16.0. The lowest BCUT2D eigenvalue weighted by molar-refractivity contribution is 0.549. The van der Waals surface area contributed by atoms with Crippen molar-refractivity contribution < 1.29 is 0 Å². The summed E-state index contributed by atoms with van der Waals surface area (Å²) in [6.07, 6.45) is 1.04. The summed E-state index contributed by atoms with van der Waals surface area (Å²) in [5.74, 6) is 0. The number of nitrogens with one attached hydrogen (secondary N) is 1. The largest absolute Gasteiger partial charge is 0.310 e. The third-order valence-electron chi connectivity index (χ3n) is 3.62. The molecule has 0 heterocycles. The molecule has 2 aromatic carbocycles. The number of hydrogen-bond acceptors (Lipinski definition) is 1. The van der Waals surface area contributed by atoms with Crippen LogP contribution >= 0.6 is 0 Å². The highest BCUT2D eigenvalue weighted by Gasteiger charge is 2.12. The Labute approximate surface area is 123 Å². The lowest BCUT2D eigenvalue weighted by atomic mass is 9.95. The third-order valence-corrected chi connectivity index (χ3v) is 3.62. The van der Waals surface area contributed by atoms with Gasteiger partial charge in [-0.05, 0) is 44.9 Å². The van der Waals surface area contributed by atoms with E-state index in [2.05, 4.69) is 75.5 Å². The van der Waals surface area contributed by atoms with Gasteiger partial charge in [0.25, 0.3) is 0 Å². The van der Waals surface area contributed by atoms with Gasteiger partial charge >= 0.3 is 0 Å². The molecule has 2 rings (SSSR count). The highest BCUT2D eigenvalue weighted by atomic mass is 14.9. The first-order chi connectivity index (χ1) is 9.58. The number of rotatable bonds is 5. The van der Waals surface area contributed by atoms with Gasteiger partial charge in [-0.15, -0.1) is 0 Å². The SMILES string of the molecule is CCNC(Cc1cccc(C)c1)c1cc(C)cc(C)c1. The topological polar surface area (TPSA) is 12.0 Å². The zero-order chi connectivity index (χ0) is 14.5. The molecule has 1 atom stereocenters. The standard InChI is InChI=1S/C19H25N/c1-5-20-19(13-17-8-6-7-14(2)10-17)18-11-15(3)9-16(4)12-18/h6-12,19-20H,5,13H2,1-4H3. The van der Waals surface area contributed by atoms with Gasteiger partial charge in [0.2, 0.25) is 0 Å². The van der Waals surface area contributed by atoms with Gasteiger partial charge in [0.1, 0.15) is 0 Å². The molecule has 1 unspecified atom stereocenters. The molecule has 0 saturated heterocycles. The molecule has 0 bridgehead atoms. The molecule has 106 valence electrons. The molecule has 0 aliphatic heterocycles. The van der Waals surface area contributed by atoms with E-state index in [0.717, 1.165) is 13.0 Å². The number of hydrogen-bond donors (Lipinski definition) is 1. The van der Waals surface area contributed by atoms with E-state index in [-0.39, 0.29) is 0 Å². The van der Waals surface area contributed by atoms with E-state index < -0.39 is 0 Å². The van der Waals surface area contributed by atoms with E-state index >= 15 is 0 Å². The van der Waals surface area contributed by atoms with Crippen molar-refractivity contribution in [3.63, 3.8) is 0 Å². The summed E-state index contributed by atoms with van der Waals surface area (Å²) in [5.41, 5.74) is 6.80. The van der Waals surface area contributed by atoms with Crippen molar-refractivity contribution in [3.8, 4) is 0 Å². The maximum absolute atomic E-state index is 3.62. The number of aryl methyl sites for hydroxylation is 3. The number of benzene rings is 2. The molecular weight excluding hydrogens is 242 g/mol. The van der Waals surface area contributed by atoms with E-state index in [0.29, 0.717) is 6.04 Å². The minimum atomic E-state index is 0.389. The van der Waals surface area contributed by atoms with Gasteiger partial charge in [-0.25, -0.2) is 0 Å². The van der Waals surface area contributed by atoms with Crippen LogP contribution in [-0.4, -0.2) is 6.54 Å². The van der Waals surface area contributed by atoms with Crippen LogP contribution in [0.15, 0.2) is 42.5 Å². The smallest absolute Gasteiger partial charge is 0.0360 e. The van der Waals surface area contributed by atoms with Crippen molar-refractivity contribution >= 4 is 0 Å². The van der Waals surface area contributed by atoms with Crippen LogP contribution in [0.4, 0.5) is 0 Å². The maximum atomic E-state index is 3.62. The van der Waals surface area contributed by atoms with Gasteiger partial charge in [-0.1, -0.05) is 66.1 Å². The summed E-state index contributed by atoms with van der Waals surface area (Å²) in [5, 5.41) is 3.62. The normalized spacial score (nSPS) is 12.4. The Balaban J connectivity index is 2.26. The molecule has 0 aliphatic carbocycles. The van der Waals surface area contributed by atoms with Crippen LogP contribution in [0.2, 0.25) is 0 Å². The molecule has 1 heteroatoms. The summed E-state index contributed by atoms with van der Waals surface area (Å²) in [7, 11) is 0. The molecule has 0 aromatic heterocycles. The molecule has 0 radical (unpaired) electrons. The first kappa shape index (κ1) is 14.8. The van der Waals surface area contributed by atoms with E-state index in [1.54, 1.807) is 0 Å². The molecule has 0 amide bonds. The van der Waals surface area contributed by atoms with Gasteiger partial charge in [0, 0.05) is 6.04 Å². The van der Waals surface area contributed by atoms with Crippen LogP contribution in [0.25, 0.3) is 0 Å². The van der Waals surface area contributed by atoms with Crippen molar-refractivity contribution in [3.05, 3.63) is 70.3 Å². The average Bonchev–Trinajstić information content (AvgIpc) is 2.37. The summed E-state index contributed by atoms with van der Waals surface area (Å²) < 4.78 is 0. The molecule has 0 saturated carbocycles. The van der Waals surface area contributed by atoms with Gasteiger partial charge in [0.05, 0.1) is 0 Å². The zero-order valence-electron chi connectivity index (χ0n) is 13.0. The summed E-state index contributed by atoms with van der Waals surface area (Å²) >= 11 is 0. The van der Waals surface area contributed by atoms with Crippen LogP contribution < -0.4 is 5.32 Å². The molecule has 0 aliphatic rings. The van der Waals surface area contributed by atoms with Crippen molar-refractivity contribution in [1.29, 1.82) is 0 Å². The Morgan fingerprint density at radius 3 is 2.20 bits per heavy atom. The molecule has 0 spiro atoms. The molecule has 20 heavy (non-hydrogen) atoms. The van der Waals surface area contributed by atoms with Crippen molar-refractivity contribution in [2.24, 2.45) is 0 Å². The van der Waals surface area contributed by atoms with E-state index in [9.17, 15) is 0 Å². The fraction of sp³-hybridized carbons (Fsp3) is 0.368. The highest BCUT2D eigenvalue weighted by molar-refractivity contribution is 5.32. The quantitative estimate of drug-likeness (QED) is 0.840. The predicted molar refractivity (Wildman–Crippen MR) is 87.2 cm³/mol. The van der Waals surface area contributed by atoms with Gasteiger partial charge in [-0.3, -0.25) is 0 Å². The molecular formula is C19H25N. The van der Waals surface area contributed by atoms with E-state index in [4.69, 9.17) is 0 Å². The minimum absolute atomic E-state index is 0.389. The summed E-state index contributed by atoms with van der Waals surface area (Å²) in [6.45, 7) is 9.66. The maximum Gasteiger partial charge on any atom is 0.0360 e. The monoisotopic (exact) mass is 267 g/mol. The van der Waals surface area contributed by atoms with E-state index in [1.165, 1.54) is 27.8 Å². The van der Waals surface area contributed by atoms with E-state index in [1.807, 2.05) is 0 Å². The fourth-order valence-corrected chi connectivity index (χ4v) is 2.84. The van der Waals surface area contributed by atoms with Crippen molar-refractivity contribution in [1.82, 2.24) is 5.32 Å². The molecule has 1 N–H and O–H groups in total. The van der Waals surface area contributed by atoms with Crippen LogP contribution in [0, 0.1) is 20.8 Å². The van der Waals surface area contributed by atoms with Crippen LogP contribution in [0.1, 0.15) is 40.8 Å². The Morgan fingerprint density at radius 1 is 0.900 bits per heavy atom. The molecule has 1 nitrogen and oxygen atoms in total. The third kappa shape index (κ3) is 3.94. The first-order valence-corrected chi connectivity index (χ1v) is 7.45. The Morgan fingerprint density at radius 2 is 1.60 bits per heavy atom. The van der Waals surface area contributed by atoms with Gasteiger partial charge in [-0.2, -0.15) is 0 Å². The fourth-order valence-electron chi connectivity index (χ4n) is 2.84. The zero-order valence-corrected chi connectivity index (χ0v) is 13.0. The Hall–Kier alpha value is -1.60. The molecule has 2 aromatic rings. The van der Waals surface area contributed by atoms with Crippen LogP contribution in [-0.2, 0) is 6.42 Å². The Bertz CT molecular complexity index is 551. The first-order valence-electron chi connectivity index (χ1n) is 7.45. The van der Waals surface area contributed by atoms with Gasteiger partial charge < -0.3 is 5.32 Å². The summed E-state index contributed by atoms with van der Waals surface area (Å²) in [4.78, 5) is 0.